The Balaban J connectivity index is 0.00000462. The highest BCUT2D eigenvalue weighted by Crippen LogP contribution is 2.33. The molecule has 2 unspecified atom stereocenters. The number of sulfonamides is 1. The Hall–Kier alpha value is -3.26. The van der Waals surface area contributed by atoms with Crippen molar-refractivity contribution in [3.05, 3.63) is 42.5 Å². The number of nitrogens with two attached hydrogens (primary N) is 2. The van der Waals surface area contributed by atoms with Gasteiger partial charge in [0.15, 0.2) is 5.96 Å². The molecular formula is C27H37ClN6O6S. The quantitative estimate of drug-likeness (QED) is 0.108. The third-order valence-corrected chi connectivity index (χ3v) is 8.86. The summed E-state index contributed by atoms with van der Waals surface area (Å²) in [6, 6.07) is 9.65. The molecule has 7 N–H and O–H groups in total. The maximum Gasteiger partial charge on any atom is 0.332 e. The van der Waals surface area contributed by atoms with Gasteiger partial charge in [-0.15, -0.1) is 12.4 Å². The summed E-state index contributed by atoms with van der Waals surface area (Å²) in [7, 11) is -4.26. The molecule has 2 aliphatic rings. The molecule has 14 heteroatoms. The Morgan fingerprint density at radius 2 is 1.68 bits per heavy atom. The Kier molecular flexibility index (Phi) is 11.1. The van der Waals surface area contributed by atoms with Crippen LogP contribution < -0.4 is 21.5 Å². The maximum atomic E-state index is 13.2. The lowest BCUT2D eigenvalue weighted by Crippen LogP contribution is -2.47. The number of likely N-dealkylation sites (tertiary alicyclic amines) is 1. The summed E-state index contributed by atoms with van der Waals surface area (Å²) >= 11 is 0. The highest BCUT2D eigenvalue weighted by atomic mass is 35.5. The molecule has 41 heavy (non-hydrogen) atoms. The van der Waals surface area contributed by atoms with Crippen molar-refractivity contribution in [3.8, 4) is 0 Å². The van der Waals surface area contributed by atoms with Gasteiger partial charge in [-0.3, -0.25) is 15.0 Å². The van der Waals surface area contributed by atoms with Crippen molar-refractivity contribution in [3.63, 3.8) is 0 Å². The van der Waals surface area contributed by atoms with Crippen LogP contribution in [0.3, 0.4) is 0 Å². The lowest BCUT2D eigenvalue weighted by atomic mass is 9.97. The average Bonchev–Trinajstić information content (AvgIpc) is 3.77. The highest BCUT2D eigenvalue weighted by Gasteiger charge is 2.34. The number of piperidine rings is 1. The van der Waals surface area contributed by atoms with Gasteiger partial charge in [0.05, 0.1) is 17.7 Å². The summed E-state index contributed by atoms with van der Waals surface area (Å²) in [4.78, 5) is 39.8. The number of nitrogens with one attached hydrogen (secondary N) is 3. The zero-order valence-corrected chi connectivity index (χ0v) is 24.2. The van der Waals surface area contributed by atoms with Crippen LogP contribution in [-0.2, 0) is 29.1 Å². The Bertz CT molecular complexity index is 1380. The van der Waals surface area contributed by atoms with Crippen LogP contribution in [0.4, 0.5) is 0 Å². The number of fused-ring (bicyclic) bond motifs is 1. The Morgan fingerprint density at radius 3 is 2.32 bits per heavy atom. The number of rotatable bonds is 11. The number of carbonyl (C=O) groups excluding carboxylic acids is 3. The van der Waals surface area contributed by atoms with Crippen molar-refractivity contribution < 1.29 is 27.5 Å². The largest absolute Gasteiger partial charge is 0.392 e. The molecule has 2 aromatic rings. The topological polar surface area (TPSA) is 198 Å². The summed E-state index contributed by atoms with van der Waals surface area (Å²) in [5, 5.41) is 11.8. The van der Waals surface area contributed by atoms with E-state index in [9.17, 15) is 22.8 Å². The number of ether oxygens (including phenoxy) is 1. The van der Waals surface area contributed by atoms with E-state index < -0.39 is 46.4 Å². The van der Waals surface area contributed by atoms with Crippen LogP contribution in [0.5, 0.6) is 0 Å². The second kappa shape index (κ2) is 14.1. The van der Waals surface area contributed by atoms with Crippen LogP contribution in [0, 0.1) is 17.2 Å². The first-order valence-corrected chi connectivity index (χ1v) is 14.9. The summed E-state index contributed by atoms with van der Waals surface area (Å²) < 4.78 is 33.7. The standard InChI is InChI=1S/C27H36N6O6S.ClH/c28-22(19-5-6-19)14-25(35)39-26(36)23(15-24(34)31-16-17-9-11-33(12-10-17)27(29)30)32-40(37,38)21-8-7-18-3-1-2-4-20(18)13-21;/h1-4,7-8,13,17,19,22-23,32H,5-6,9-12,14-16,28H2,(H3,29,30)(H,31,34);1H. The monoisotopic (exact) mass is 608 g/mol. The van der Waals surface area contributed by atoms with Gasteiger partial charge in [0.1, 0.15) is 6.04 Å². The normalized spacial score (nSPS) is 17.2. The fraction of sp³-hybridized carbons (Fsp3) is 0.481. The van der Waals surface area contributed by atoms with Gasteiger partial charge in [0, 0.05) is 25.7 Å². The van der Waals surface area contributed by atoms with Crippen molar-refractivity contribution >= 4 is 57.0 Å². The molecule has 1 amide bonds. The molecule has 1 aliphatic carbocycles. The van der Waals surface area contributed by atoms with Crippen molar-refractivity contribution in [2.45, 2.75) is 55.5 Å². The van der Waals surface area contributed by atoms with Crippen molar-refractivity contribution in [2.75, 3.05) is 19.6 Å². The summed E-state index contributed by atoms with van der Waals surface area (Å²) in [6.07, 6.45) is 2.52. The number of amides is 1. The number of nitrogens with zero attached hydrogens (tertiary/aromatic N) is 1. The molecule has 1 saturated carbocycles. The smallest absolute Gasteiger partial charge is 0.332 e. The summed E-state index contributed by atoms with van der Waals surface area (Å²) in [5.41, 5.74) is 11.5. The molecule has 2 aromatic carbocycles. The van der Waals surface area contributed by atoms with Crippen LogP contribution in [0.15, 0.2) is 47.4 Å². The molecule has 1 aliphatic heterocycles. The third-order valence-electron chi connectivity index (χ3n) is 7.39. The number of guanidine groups is 1. The Morgan fingerprint density at radius 1 is 1.02 bits per heavy atom. The van der Waals surface area contributed by atoms with E-state index in [-0.39, 0.29) is 41.5 Å². The van der Waals surface area contributed by atoms with Gasteiger partial charge in [-0.05, 0) is 60.4 Å². The molecule has 0 aromatic heterocycles. The lowest BCUT2D eigenvalue weighted by molar-refractivity contribution is -0.161. The molecule has 0 spiro atoms. The molecule has 2 fully saturated rings. The minimum absolute atomic E-state index is 0. The van der Waals surface area contributed by atoms with Gasteiger partial charge in [0.25, 0.3) is 0 Å². The molecule has 1 saturated heterocycles. The average molecular weight is 609 g/mol. The minimum Gasteiger partial charge on any atom is -0.392 e. The molecule has 12 nitrogen and oxygen atoms in total. The fourth-order valence-corrected chi connectivity index (χ4v) is 5.98. The first-order valence-electron chi connectivity index (χ1n) is 13.4. The van der Waals surface area contributed by atoms with Crippen LogP contribution in [0.25, 0.3) is 10.8 Å². The number of hydrogen-bond donors (Lipinski definition) is 5. The third kappa shape index (κ3) is 9.12. The van der Waals surface area contributed by atoms with E-state index in [0.29, 0.717) is 25.0 Å². The van der Waals surface area contributed by atoms with Crippen molar-refractivity contribution in [2.24, 2.45) is 23.3 Å². The second-order valence-electron chi connectivity index (χ2n) is 10.5. The zero-order valence-electron chi connectivity index (χ0n) is 22.6. The molecule has 1 heterocycles. The van der Waals surface area contributed by atoms with Crippen molar-refractivity contribution in [1.29, 1.82) is 5.41 Å². The molecule has 224 valence electrons. The summed E-state index contributed by atoms with van der Waals surface area (Å²) in [5.74, 6) is -2.24. The van der Waals surface area contributed by atoms with Crippen LogP contribution >= 0.6 is 12.4 Å². The highest BCUT2D eigenvalue weighted by molar-refractivity contribution is 7.89. The second-order valence-corrected chi connectivity index (χ2v) is 12.2. The van der Waals surface area contributed by atoms with Gasteiger partial charge in [-0.2, -0.15) is 4.72 Å². The lowest BCUT2D eigenvalue weighted by Gasteiger charge is -2.32. The maximum absolute atomic E-state index is 13.2. The van der Waals surface area contributed by atoms with E-state index in [1.54, 1.807) is 23.1 Å². The first-order chi connectivity index (χ1) is 19.0. The van der Waals surface area contributed by atoms with Gasteiger partial charge >= 0.3 is 11.9 Å². The number of hydrogen-bond acceptors (Lipinski definition) is 8. The number of esters is 2. The number of benzene rings is 2. The van der Waals surface area contributed by atoms with E-state index in [2.05, 4.69) is 10.0 Å². The van der Waals surface area contributed by atoms with E-state index >= 15 is 0 Å². The van der Waals surface area contributed by atoms with Gasteiger partial charge in [-0.1, -0.05) is 30.3 Å². The van der Waals surface area contributed by atoms with Crippen molar-refractivity contribution in [1.82, 2.24) is 14.9 Å². The number of halogens is 1. The number of carbonyl (C=O) groups is 3. The van der Waals surface area contributed by atoms with E-state index in [0.717, 1.165) is 31.1 Å². The van der Waals surface area contributed by atoms with E-state index in [1.807, 2.05) is 12.1 Å². The molecule has 2 atom stereocenters. The van der Waals surface area contributed by atoms with Gasteiger partial charge in [-0.25, -0.2) is 13.2 Å². The first kappa shape index (κ1) is 32.3. The SMILES string of the molecule is Cl.N=C(N)N1CCC(CNC(=O)CC(NS(=O)(=O)c2ccc3ccccc3c2)C(=O)OC(=O)CC(N)C2CC2)CC1. The minimum atomic E-state index is -4.26. The Labute approximate surface area is 245 Å². The van der Waals surface area contributed by atoms with E-state index in [4.69, 9.17) is 21.6 Å². The molecular weight excluding hydrogens is 572 g/mol. The van der Waals surface area contributed by atoms with Crippen LogP contribution in [0.1, 0.15) is 38.5 Å². The molecule has 0 bridgehead atoms. The van der Waals surface area contributed by atoms with Crippen LogP contribution in [0.2, 0.25) is 0 Å². The molecule has 4 rings (SSSR count). The predicted octanol–water partition coefficient (Wildman–Crippen LogP) is 1.22. The van der Waals surface area contributed by atoms with Crippen LogP contribution in [-0.4, -0.2) is 68.8 Å². The predicted molar refractivity (Wildman–Crippen MR) is 156 cm³/mol. The van der Waals surface area contributed by atoms with Gasteiger partial charge in [0.2, 0.25) is 15.9 Å². The van der Waals surface area contributed by atoms with E-state index in [1.165, 1.54) is 12.1 Å². The summed E-state index contributed by atoms with van der Waals surface area (Å²) in [6.45, 7) is 1.52. The molecule has 0 radical (unpaired) electrons. The fourth-order valence-electron chi connectivity index (χ4n) is 4.77. The zero-order chi connectivity index (χ0) is 28.9. The van der Waals surface area contributed by atoms with Gasteiger partial charge < -0.3 is 26.4 Å².